The minimum Gasteiger partial charge on any atom is -0.493 e. The number of fused-ring (bicyclic) bond motifs is 1. The quantitative estimate of drug-likeness (QED) is 0.602. The third kappa shape index (κ3) is 3.40. The minimum absolute atomic E-state index is 0.150. The lowest BCUT2D eigenvalue weighted by Gasteiger charge is -2.23. The second-order valence-electron chi connectivity index (χ2n) is 7.66. The van der Waals surface area contributed by atoms with Gasteiger partial charge in [-0.05, 0) is 36.1 Å². The van der Waals surface area contributed by atoms with Crippen molar-refractivity contribution >= 4 is 11.8 Å². The van der Waals surface area contributed by atoms with Crippen LogP contribution >= 0.6 is 0 Å². The summed E-state index contributed by atoms with van der Waals surface area (Å²) in [7, 11) is 3.10. The number of hydrogen-bond acceptors (Lipinski definition) is 6. The summed E-state index contributed by atoms with van der Waals surface area (Å²) in [5.74, 6) is 1.17. The summed E-state index contributed by atoms with van der Waals surface area (Å²) in [6.45, 7) is 2.31. The maximum Gasteiger partial charge on any atom is 0.350 e. The first-order chi connectivity index (χ1) is 14.5. The molecule has 0 saturated heterocycles. The smallest absolute Gasteiger partial charge is 0.350 e. The Morgan fingerprint density at radius 2 is 1.73 bits per heavy atom. The molecule has 0 bridgehead atoms. The first-order valence-electron chi connectivity index (χ1n) is 10.3. The molecule has 4 rings (SSSR count). The van der Waals surface area contributed by atoms with E-state index in [0.29, 0.717) is 49.5 Å². The Labute approximate surface area is 176 Å². The number of benzene rings is 2. The van der Waals surface area contributed by atoms with Crippen LogP contribution in [0.1, 0.15) is 48.5 Å². The van der Waals surface area contributed by atoms with Crippen molar-refractivity contribution in [3.8, 4) is 28.4 Å². The fraction of sp³-hybridized carbons (Fsp3) is 0.417. The van der Waals surface area contributed by atoms with E-state index in [1.54, 1.807) is 14.2 Å². The van der Waals surface area contributed by atoms with Crippen LogP contribution in [0.25, 0.3) is 11.1 Å². The standard InChI is InChI=1S/C24H26O6/c1-4-14-29-23(26)24(12-13-24)30-21-18(9-11-20(27-2)22(21)28-3)15-6-5-7-17-16(15)8-10-19(17)25/h5-7,9,11H,4,8,10,12-14H2,1-3H3. The maximum absolute atomic E-state index is 12.7. The van der Waals surface area contributed by atoms with Gasteiger partial charge in [-0.25, -0.2) is 4.79 Å². The Morgan fingerprint density at radius 1 is 0.967 bits per heavy atom. The van der Waals surface area contributed by atoms with Crippen molar-refractivity contribution in [2.24, 2.45) is 0 Å². The Bertz CT molecular complexity index is 989. The highest BCUT2D eigenvalue weighted by Crippen LogP contribution is 2.51. The maximum atomic E-state index is 12.7. The molecule has 0 atom stereocenters. The number of Topliss-reactive ketones (excluding diaryl/α,β-unsaturated/α-hetero) is 1. The van der Waals surface area contributed by atoms with E-state index < -0.39 is 5.60 Å². The number of esters is 1. The van der Waals surface area contributed by atoms with Gasteiger partial charge in [0, 0.05) is 30.4 Å². The van der Waals surface area contributed by atoms with Gasteiger partial charge in [0.05, 0.1) is 20.8 Å². The van der Waals surface area contributed by atoms with Gasteiger partial charge in [0.15, 0.2) is 17.3 Å². The van der Waals surface area contributed by atoms with Crippen molar-refractivity contribution in [1.29, 1.82) is 0 Å². The van der Waals surface area contributed by atoms with Crippen molar-refractivity contribution in [3.63, 3.8) is 0 Å². The highest BCUT2D eigenvalue weighted by Gasteiger charge is 2.55. The van der Waals surface area contributed by atoms with Crippen LogP contribution in [-0.2, 0) is 16.0 Å². The summed E-state index contributed by atoms with van der Waals surface area (Å²) in [5.41, 5.74) is 2.42. The molecule has 2 aromatic carbocycles. The van der Waals surface area contributed by atoms with Crippen LogP contribution in [0.4, 0.5) is 0 Å². The van der Waals surface area contributed by atoms with Gasteiger partial charge in [-0.2, -0.15) is 0 Å². The number of ketones is 1. The predicted octanol–water partition coefficient (Wildman–Crippen LogP) is 4.36. The van der Waals surface area contributed by atoms with Gasteiger partial charge >= 0.3 is 5.97 Å². The Balaban J connectivity index is 1.82. The minimum atomic E-state index is -1.00. The highest BCUT2D eigenvalue weighted by molar-refractivity contribution is 6.02. The molecule has 0 unspecified atom stereocenters. The molecule has 2 aliphatic carbocycles. The van der Waals surface area contributed by atoms with E-state index in [-0.39, 0.29) is 11.8 Å². The highest BCUT2D eigenvalue weighted by atomic mass is 16.6. The monoisotopic (exact) mass is 410 g/mol. The Hall–Kier alpha value is -3.02. The molecule has 0 spiro atoms. The molecule has 1 fully saturated rings. The molecule has 0 heterocycles. The summed E-state index contributed by atoms with van der Waals surface area (Å²) in [6, 6.07) is 9.41. The van der Waals surface area contributed by atoms with Gasteiger partial charge in [0.25, 0.3) is 0 Å². The molecule has 158 valence electrons. The van der Waals surface area contributed by atoms with E-state index in [2.05, 4.69) is 0 Å². The molecule has 30 heavy (non-hydrogen) atoms. The van der Waals surface area contributed by atoms with Gasteiger partial charge in [0.2, 0.25) is 11.4 Å². The number of rotatable bonds is 8. The SMILES string of the molecule is CCCOC(=O)C1(Oc2c(-c3cccc4c3CCC4=O)ccc(OC)c2OC)CC1. The van der Waals surface area contributed by atoms with Gasteiger partial charge in [-0.15, -0.1) is 0 Å². The van der Waals surface area contributed by atoms with E-state index in [9.17, 15) is 9.59 Å². The molecule has 1 saturated carbocycles. The number of carbonyl (C=O) groups excluding carboxylic acids is 2. The molecule has 0 radical (unpaired) electrons. The topological polar surface area (TPSA) is 71.1 Å². The predicted molar refractivity (Wildman–Crippen MR) is 111 cm³/mol. The van der Waals surface area contributed by atoms with E-state index in [0.717, 1.165) is 28.7 Å². The lowest BCUT2D eigenvalue weighted by molar-refractivity contribution is -0.154. The summed E-state index contributed by atoms with van der Waals surface area (Å²) >= 11 is 0. The molecule has 0 aliphatic heterocycles. The van der Waals surface area contributed by atoms with Crippen LogP contribution in [0.15, 0.2) is 30.3 Å². The van der Waals surface area contributed by atoms with Crippen molar-refractivity contribution in [2.75, 3.05) is 20.8 Å². The average molecular weight is 410 g/mol. The second-order valence-corrected chi connectivity index (χ2v) is 7.66. The van der Waals surface area contributed by atoms with Crippen LogP contribution in [0.5, 0.6) is 17.2 Å². The number of carbonyl (C=O) groups is 2. The van der Waals surface area contributed by atoms with Crippen LogP contribution in [0, 0.1) is 0 Å². The molecule has 2 aromatic rings. The van der Waals surface area contributed by atoms with E-state index in [4.69, 9.17) is 18.9 Å². The molecule has 2 aliphatic rings. The van der Waals surface area contributed by atoms with Crippen molar-refractivity contribution in [2.45, 2.75) is 44.6 Å². The van der Waals surface area contributed by atoms with Crippen molar-refractivity contribution in [1.82, 2.24) is 0 Å². The Kier molecular flexibility index (Phi) is 5.41. The summed E-state index contributed by atoms with van der Waals surface area (Å²) < 4.78 is 22.8. The van der Waals surface area contributed by atoms with E-state index >= 15 is 0 Å². The lowest BCUT2D eigenvalue weighted by Crippen LogP contribution is -2.32. The molecular formula is C24H26O6. The average Bonchev–Trinajstić information content (AvgIpc) is 3.46. The molecule has 6 nitrogen and oxygen atoms in total. The molecule has 0 amide bonds. The molecule has 0 N–H and O–H groups in total. The zero-order valence-electron chi connectivity index (χ0n) is 17.6. The van der Waals surface area contributed by atoms with Gasteiger partial charge in [0.1, 0.15) is 0 Å². The van der Waals surface area contributed by atoms with Gasteiger partial charge in [-0.1, -0.05) is 25.1 Å². The van der Waals surface area contributed by atoms with Crippen LogP contribution in [0.2, 0.25) is 0 Å². The molecule has 6 heteroatoms. The van der Waals surface area contributed by atoms with E-state index in [1.807, 2.05) is 37.3 Å². The summed E-state index contributed by atoms with van der Waals surface area (Å²) in [5, 5.41) is 0. The zero-order valence-corrected chi connectivity index (χ0v) is 17.6. The summed E-state index contributed by atoms with van der Waals surface area (Å²) in [4.78, 5) is 24.9. The van der Waals surface area contributed by atoms with Crippen molar-refractivity contribution < 1.29 is 28.5 Å². The number of hydrogen-bond donors (Lipinski definition) is 0. The second kappa shape index (κ2) is 8.01. The van der Waals surface area contributed by atoms with Crippen LogP contribution in [0.3, 0.4) is 0 Å². The Morgan fingerprint density at radius 3 is 2.40 bits per heavy atom. The van der Waals surface area contributed by atoms with Crippen LogP contribution < -0.4 is 14.2 Å². The fourth-order valence-corrected chi connectivity index (χ4v) is 3.94. The fourth-order valence-electron chi connectivity index (χ4n) is 3.94. The third-order valence-corrected chi connectivity index (χ3v) is 5.68. The van der Waals surface area contributed by atoms with Gasteiger partial charge in [-0.3, -0.25) is 4.79 Å². The first kappa shape index (κ1) is 20.3. The van der Waals surface area contributed by atoms with Crippen molar-refractivity contribution in [3.05, 3.63) is 41.5 Å². The molecule has 0 aromatic heterocycles. The third-order valence-electron chi connectivity index (χ3n) is 5.68. The van der Waals surface area contributed by atoms with Crippen LogP contribution in [-0.4, -0.2) is 38.2 Å². The normalized spacial score (nSPS) is 16.0. The first-order valence-corrected chi connectivity index (χ1v) is 10.3. The number of methoxy groups -OCH3 is 2. The number of ether oxygens (including phenoxy) is 4. The molecular weight excluding hydrogens is 384 g/mol. The van der Waals surface area contributed by atoms with Gasteiger partial charge < -0.3 is 18.9 Å². The largest absolute Gasteiger partial charge is 0.493 e. The van der Waals surface area contributed by atoms with E-state index in [1.165, 1.54) is 0 Å². The summed E-state index contributed by atoms with van der Waals surface area (Å²) in [6.07, 6.45) is 3.10. The zero-order chi connectivity index (χ0) is 21.3. The lowest BCUT2D eigenvalue weighted by atomic mass is 9.95.